The quantitative estimate of drug-likeness (QED) is 0.213. The Labute approximate surface area is 206 Å². The van der Waals surface area contributed by atoms with Gasteiger partial charge < -0.3 is 14.8 Å². The normalized spacial score (nSPS) is 20.3. The van der Waals surface area contributed by atoms with Crippen LogP contribution in [0.2, 0.25) is 0 Å². The van der Waals surface area contributed by atoms with Gasteiger partial charge in [0, 0.05) is 23.7 Å². The Hall–Kier alpha value is -3.32. The second kappa shape index (κ2) is 9.14. The maximum Gasteiger partial charge on any atom is 0.270 e. The molecule has 2 aliphatic rings. The molecule has 5 rings (SSSR count). The number of methoxy groups -OCH3 is 1. The molecule has 174 valence electrons. The maximum absolute atomic E-state index is 11.4. The van der Waals surface area contributed by atoms with Crippen LogP contribution in [0, 0.1) is 23.0 Å². The molecule has 6 nitrogen and oxygen atoms in total. The molecule has 0 unspecified atom stereocenters. The lowest BCUT2D eigenvalue weighted by atomic mass is 9.76. The van der Waals surface area contributed by atoms with Gasteiger partial charge >= 0.3 is 0 Å². The van der Waals surface area contributed by atoms with E-state index in [0.29, 0.717) is 18.1 Å². The van der Waals surface area contributed by atoms with Crippen molar-refractivity contribution >= 4 is 27.3 Å². The molecule has 1 N–H and O–H groups in total. The Bertz CT molecular complexity index is 1280. The molecule has 0 spiro atoms. The van der Waals surface area contributed by atoms with E-state index >= 15 is 0 Å². The number of nitro benzene ring substituents is 1. The van der Waals surface area contributed by atoms with E-state index in [9.17, 15) is 10.1 Å². The second-order valence-electron chi connectivity index (χ2n) is 8.77. The van der Waals surface area contributed by atoms with Crippen LogP contribution in [0.25, 0.3) is 0 Å². The highest BCUT2D eigenvalue weighted by Gasteiger charge is 2.40. The number of fused-ring (bicyclic) bond motifs is 3. The van der Waals surface area contributed by atoms with Crippen molar-refractivity contribution in [2.75, 3.05) is 12.4 Å². The van der Waals surface area contributed by atoms with E-state index < -0.39 is 0 Å². The van der Waals surface area contributed by atoms with Crippen LogP contribution >= 0.6 is 15.9 Å². The van der Waals surface area contributed by atoms with Crippen molar-refractivity contribution in [2.24, 2.45) is 5.92 Å². The highest BCUT2D eigenvalue weighted by Crippen LogP contribution is 2.52. The highest BCUT2D eigenvalue weighted by molar-refractivity contribution is 9.10. The third-order valence-electron chi connectivity index (χ3n) is 6.70. The van der Waals surface area contributed by atoms with Crippen LogP contribution in [0.1, 0.15) is 40.6 Å². The summed E-state index contributed by atoms with van der Waals surface area (Å²) in [6.07, 6.45) is 5.26. The van der Waals surface area contributed by atoms with E-state index in [1.165, 1.54) is 0 Å². The molecular weight excluding hydrogens is 496 g/mol. The summed E-state index contributed by atoms with van der Waals surface area (Å²) >= 11 is 3.70. The number of nitrogens with one attached hydrogen (secondary N) is 1. The fraction of sp³-hybridized carbons (Fsp3) is 0.259. The van der Waals surface area contributed by atoms with Crippen LogP contribution in [-0.4, -0.2) is 12.0 Å². The van der Waals surface area contributed by atoms with Crippen molar-refractivity contribution in [3.63, 3.8) is 0 Å². The van der Waals surface area contributed by atoms with Crippen LogP contribution in [0.4, 0.5) is 11.4 Å². The SMILES string of the molecule is COc1cc([C@@H]2Nc3c(C)cc([N+](=O)[O-])cc3[C@@H]3C=CC[C@H]32)cc(Br)c1OCc1ccccc1. The van der Waals surface area contributed by atoms with Crippen LogP contribution in [0.3, 0.4) is 0 Å². The van der Waals surface area contributed by atoms with Gasteiger partial charge in [-0.15, -0.1) is 0 Å². The van der Waals surface area contributed by atoms with Gasteiger partial charge in [0.25, 0.3) is 5.69 Å². The Morgan fingerprint density at radius 2 is 1.97 bits per heavy atom. The minimum atomic E-state index is -0.316. The van der Waals surface area contributed by atoms with E-state index in [4.69, 9.17) is 9.47 Å². The molecule has 0 saturated heterocycles. The van der Waals surface area contributed by atoms with E-state index in [2.05, 4.69) is 39.5 Å². The third-order valence-corrected chi connectivity index (χ3v) is 7.29. The molecule has 0 bridgehead atoms. The second-order valence-corrected chi connectivity index (χ2v) is 9.62. The minimum Gasteiger partial charge on any atom is -0.493 e. The fourth-order valence-corrected chi connectivity index (χ4v) is 5.67. The molecule has 3 aromatic rings. The Kier molecular flexibility index (Phi) is 6.04. The molecule has 0 fully saturated rings. The largest absolute Gasteiger partial charge is 0.493 e. The summed E-state index contributed by atoms with van der Waals surface area (Å²) < 4.78 is 12.7. The van der Waals surface area contributed by atoms with Crippen LogP contribution in [0.15, 0.2) is 71.2 Å². The van der Waals surface area contributed by atoms with Gasteiger partial charge in [-0.3, -0.25) is 10.1 Å². The average Bonchev–Trinajstić information content (AvgIpc) is 3.33. The van der Waals surface area contributed by atoms with Crippen molar-refractivity contribution < 1.29 is 14.4 Å². The first-order valence-corrected chi connectivity index (χ1v) is 12.0. The third kappa shape index (κ3) is 4.05. The van der Waals surface area contributed by atoms with Crippen molar-refractivity contribution in [3.05, 3.63) is 104 Å². The lowest BCUT2D eigenvalue weighted by Gasteiger charge is -2.38. The van der Waals surface area contributed by atoms with Crippen molar-refractivity contribution in [3.8, 4) is 11.5 Å². The number of nitro groups is 1. The number of hydrogen-bond acceptors (Lipinski definition) is 5. The van der Waals surface area contributed by atoms with E-state index in [-0.39, 0.29) is 28.5 Å². The number of hydrogen-bond donors (Lipinski definition) is 1. The van der Waals surface area contributed by atoms with Crippen molar-refractivity contribution in [1.82, 2.24) is 0 Å². The van der Waals surface area contributed by atoms with Gasteiger partial charge in [0.2, 0.25) is 0 Å². The van der Waals surface area contributed by atoms with E-state index in [1.54, 1.807) is 19.2 Å². The molecule has 34 heavy (non-hydrogen) atoms. The summed E-state index contributed by atoms with van der Waals surface area (Å²) in [4.78, 5) is 11.1. The van der Waals surface area contributed by atoms with Gasteiger partial charge in [-0.25, -0.2) is 0 Å². The molecule has 1 aliphatic carbocycles. The van der Waals surface area contributed by atoms with Gasteiger partial charge in [-0.05, 0) is 69.6 Å². The fourth-order valence-electron chi connectivity index (χ4n) is 5.09. The van der Waals surface area contributed by atoms with Crippen molar-refractivity contribution in [1.29, 1.82) is 0 Å². The molecule has 0 aromatic heterocycles. The molecule has 0 amide bonds. The predicted octanol–water partition coefficient (Wildman–Crippen LogP) is 7.08. The van der Waals surface area contributed by atoms with Gasteiger partial charge in [-0.2, -0.15) is 0 Å². The number of nitrogens with zero attached hydrogens (tertiary/aromatic N) is 1. The summed E-state index contributed by atoms with van der Waals surface area (Å²) in [5, 5.41) is 15.1. The molecule has 3 aromatic carbocycles. The minimum absolute atomic E-state index is 0.0287. The number of halogens is 1. The lowest BCUT2D eigenvalue weighted by Crippen LogP contribution is -2.29. The summed E-state index contributed by atoms with van der Waals surface area (Å²) in [7, 11) is 1.65. The molecular formula is C27H25BrN2O4. The summed E-state index contributed by atoms with van der Waals surface area (Å²) in [6.45, 7) is 2.36. The van der Waals surface area contributed by atoms with Crippen molar-refractivity contribution in [2.45, 2.75) is 31.9 Å². The first-order chi connectivity index (χ1) is 16.5. The zero-order valence-electron chi connectivity index (χ0n) is 19.0. The predicted molar refractivity (Wildman–Crippen MR) is 136 cm³/mol. The highest BCUT2D eigenvalue weighted by atomic mass is 79.9. The zero-order valence-corrected chi connectivity index (χ0v) is 20.5. The number of allylic oxidation sites excluding steroid dienone is 2. The zero-order chi connectivity index (χ0) is 23.8. The average molecular weight is 521 g/mol. The van der Waals surface area contributed by atoms with Crippen LogP contribution in [-0.2, 0) is 6.61 Å². The number of rotatable bonds is 6. The lowest BCUT2D eigenvalue weighted by molar-refractivity contribution is -0.385. The van der Waals surface area contributed by atoms with Gasteiger partial charge in [0.05, 0.1) is 22.5 Å². The van der Waals surface area contributed by atoms with Crippen LogP contribution in [0.5, 0.6) is 11.5 Å². The number of non-ortho nitro benzene ring substituents is 1. The van der Waals surface area contributed by atoms with Gasteiger partial charge in [-0.1, -0.05) is 42.5 Å². The first kappa shape index (κ1) is 22.5. The maximum atomic E-state index is 11.4. The number of benzene rings is 3. The standard InChI is InChI=1S/C27H25BrN2O4/c1-16-11-19(30(31)32)14-22-20-9-6-10-21(20)26(29-25(16)22)18-12-23(28)27(24(13-18)33-2)34-15-17-7-4-3-5-8-17/h3-9,11-14,20-21,26,29H,10,15H2,1-2H3/t20-,21-,26+/m1/s1. The Morgan fingerprint density at radius 3 is 2.71 bits per heavy atom. The summed E-state index contributed by atoms with van der Waals surface area (Å²) in [5.41, 5.74) is 5.15. The van der Waals surface area contributed by atoms with Gasteiger partial charge in [0.15, 0.2) is 11.5 Å². The molecule has 0 radical (unpaired) electrons. The Balaban J connectivity index is 1.49. The molecule has 7 heteroatoms. The molecule has 1 aliphatic heterocycles. The molecule has 0 saturated carbocycles. The number of aryl methyl sites for hydroxylation is 1. The van der Waals surface area contributed by atoms with E-state index in [0.717, 1.165) is 38.8 Å². The topological polar surface area (TPSA) is 73.6 Å². The number of ether oxygens (including phenoxy) is 2. The number of anilines is 1. The first-order valence-electron chi connectivity index (χ1n) is 11.2. The molecule has 3 atom stereocenters. The van der Waals surface area contributed by atoms with Crippen LogP contribution < -0.4 is 14.8 Å². The summed E-state index contributed by atoms with van der Waals surface area (Å²) in [6, 6.07) is 17.5. The summed E-state index contributed by atoms with van der Waals surface area (Å²) in [5.74, 6) is 1.70. The smallest absolute Gasteiger partial charge is 0.270 e. The molecule has 1 heterocycles. The van der Waals surface area contributed by atoms with Gasteiger partial charge in [0.1, 0.15) is 6.61 Å². The van der Waals surface area contributed by atoms with E-state index in [1.807, 2.05) is 43.3 Å². The Morgan fingerprint density at radius 1 is 1.18 bits per heavy atom. The monoisotopic (exact) mass is 520 g/mol.